The normalized spacial score (nSPS) is 15.7. The molecule has 2 aliphatic rings. The van der Waals surface area contributed by atoms with Gasteiger partial charge in [0.2, 0.25) is 0 Å². The summed E-state index contributed by atoms with van der Waals surface area (Å²) in [5.41, 5.74) is 2.58. The minimum atomic E-state index is -0.648. The fraction of sp³-hybridized carbons (Fsp3) is 0.222. The van der Waals surface area contributed by atoms with Crippen LogP contribution in [0.2, 0.25) is 0 Å². The van der Waals surface area contributed by atoms with Gasteiger partial charge < -0.3 is 24.2 Å². The average Bonchev–Trinajstić information content (AvgIpc) is 3.15. The summed E-state index contributed by atoms with van der Waals surface area (Å²) in [6.45, 7) is 2.69. The zero-order valence-corrected chi connectivity index (χ0v) is 19.7. The van der Waals surface area contributed by atoms with Crippen LogP contribution in [0.3, 0.4) is 0 Å². The number of carbonyl (C=O) groups excluding carboxylic acids is 3. The number of ether oxygens (including phenoxy) is 2. The average molecular weight is 474 g/mol. The standard InChI is InChI=1S/C27H27N3O5/c1-34-26(32)23-10-6-7-15-30(24(23)27(33)35-2)22-13-11-21(12-14-22)28-16-18-29(19-17-28)25(31)20-8-4-3-5-9-20/h3-15H,16-19H2,1-2H3. The lowest BCUT2D eigenvalue weighted by molar-refractivity contribution is -0.139. The summed E-state index contributed by atoms with van der Waals surface area (Å²) in [6.07, 6.45) is 6.62. The molecule has 0 atom stereocenters. The fourth-order valence-corrected chi connectivity index (χ4v) is 4.12. The third kappa shape index (κ3) is 5.11. The van der Waals surface area contributed by atoms with Crippen molar-refractivity contribution in [1.82, 2.24) is 4.90 Å². The maximum absolute atomic E-state index is 12.7. The number of benzene rings is 2. The second-order valence-corrected chi connectivity index (χ2v) is 7.98. The number of piperazine rings is 1. The molecule has 0 bridgehead atoms. The first kappa shape index (κ1) is 23.8. The molecule has 2 aliphatic heterocycles. The monoisotopic (exact) mass is 473 g/mol. The number of hydrogen-bond donors (Lipinski definition) is 0. The van der Waals surface area contributed by atoms with Crippen molar-refractivity contribution in [3.63, 3.8) is 0 Å². The molecule has 1 amide bonds. The van der Waals surface area contributed by atoms with Gasteiger partial charge in [-0.05, 0) is 48.6 Å². The van der Waals surface area contributed by atoms with E-state index in [0.717, 1.165) is 5.69 Å². The Hall–Kier alpha value is -4.33. The van der Waals surface area contributed by atoms with Crippen LogP contribution >= 0.6 is 0 Å². The van der Waals surface area contributed by atoms with Gasteiger partial charge in [0.05, 0.1) is 19.8 Å². The van der Waals surface area contributed by atoms with Gasteiger partial charge >= 0.3 is 11.9 Å². The maximum Gasteiger partial charge on any atom is 0.355 e. The quantitative estimate of drug-likeness (QED) is 0.618. The van der Waals surface area contributed by atoms with Gasteiger partial charge in [-0.15, -0.1) is 0 Å². The molecule has 0 spiro atoms. The molecule has 0 unspecified atom stereocenters. The van der Waals surface area contributed by atoms with Crippen LogP contribution < -0.4 is 9.80 Å². The van der Waals surface area contributed by atoms with Gasteiger partial charge in [0.25, 0.3) is 5.91 Å². The lowest BCUT2D eigenvalue weighted by Gasteiger charge is -2.36. The summed E-state index contributed by atoms with van der Waals surface area (Å²) >= 11 is 0. The number of amides is 1. The number of methoxy groups -OCH3 is 2. The Kier molecular flexibility index (Phi) is 7.30. The van der Waals surface area contributed by atoms with Gasteiger partial charge in [0.15, 0.2) is 0 Å². The SMILES string of the molecule is COC(=O)C1=C(C(=O)OC)N(c2ccc(N3CCN(C(=O)c4ccccc4)CC3)cc2)C=CC=C1. The lowest BCUT2D eigenvalue weighted by atomic mass is 10.1. The first-order valence-corrected chi connectivity index (χ1v) is 11.3. The molecule has 2 aromatic carbocycles. The topological polar surface area (TPSA) is 79.4 Å². The van der Waals surface area contributed by atoms with Crippen LogP contribution in [-0.2, 0) is 19.1 Å². The van der Waals surface area contributed by atoms with E-state index in [0.29, 0.717) is 37.4 Å². The Balaban J connectivity index is 1.50. The molecule has 1 fully saturated rings. The van der Waals surface area contributed by atoms with E-state index in [1.807, 2.05) is 59.5 Å². The van der Waals surface area contributed by atoms with Gasteiger partial charge in [-0.25, -0.2) is 9.59 Å². The second kappa shape index (κ2) is 10.7. The van der Waals surface area contributed by atoms with Crippen molar-refractivity contribution < 1.29 is 23.9 Å². The number of carbonyl (C=O) groups is 3. The first-order valence-electron chi connectivity index (χ1n) is 11.3. The van der Waals surface area contributed by atoms with Gasteiger partial charge in [0, 0.05) is 49.3 Å². The van der Waals surface area contributed by atoms with Crippen molar-refractivity contribution in [1.29, 1.82) is 0 Å². The number of hydrogen-bond acceptors (Lipinski definition) is 7. The van der Waals surface area contributed by atoms with E-state index >= 15 is 0 Å². The van der Waals surface area contributed by atoms with Crippen LogP contribution in [0.15, 0.2) is 90.3 Å². The summed E-state index contributed by atoms with van der Waals surface area (Å²) in [4.78, 5) is 43.3. The highest BCUT2D eigenvalue weighted by molar-refractivity contribution is 6.05. The largest absolute Gasteiger partial charge is 0.465 e. The zero-order chi connectivity index (χ0) is 24.8. The third-order valence-electron chi connectivity index (χ3n) is 5.97. The molecular formula is C27H27N3O5. The second-order valence-electron chi connectivity index (χ2n) is 7.98. The van der Waals surface area contributed by atoms with E-state index < -0.39 is 11.9 Å². The Bertz CT molecular complexity index is 1180. The number of rotatable bonds is 5. The lowest BCUT2D eigenvalue weighted by Crippen LogP contribution is -2.48. The molecule has 0 aliphatic carbocycles. The van der Waals surface area contributed by atoms with E-state index in [1.165, 1.54) is 20.3 Å². The number of allylic oxidation sites excluding steroid dienone is 2. The minimum Gasteiger partial charge on any atom is -0.465 e. The predicted octanol–water partition coefficient (Wildman–Crippen LogP) is 3.14. The van der Waals surface area contributed by atoms with Crippen molar-refractivity contribution in [2.45, 2.75) is 0 Å². The van der Waals surface area contributed by atoms with E-state index in [4.69, 9.17) is 9.47 Å². The molecule has 180 valence electrons. The minimum absolute atomic E-state index is 0.0469. The molecule has 8 nitrogen and oxygen atoms in total. The molecule has 2 heterocycles. The van der Waals surface area contributed by atoms with Crippen molar-refractivity contribution >= 4 is 29.2 Å². The molecule has 4 rings (SSSR count). The first-order chi connectivity index (χ1) is 17.0. The Morgan fingerprint density at radius 2 is 1.37 bits per heavy atom. The summed E-state index contributed by atoms with van der Waals surface area (Å²) in [5, 5.41) is 0. The number of esters is 2. The maximum atomic E-state index is 12.7. The summed E-state index contributed by atoms with van der Waals surface area (Å²) in [7, 11) is 2.54. The highest BCUT2D eigenvalue weighted by atomic mass is 16.5. The molecule has 0 radical (unpaired) electrons. The van der Waals surface area contributed by atoms with E-state index in [1.54, 1.807) is 23.3 Å². The highest BCUT2D eigenvalue weighted by Crippen LogP contribution is 2.28. The molecule has 8 heteroatoms. The summed E-state index contributed by atoms with van der Waals surface area (Å²) in [6, 6.07) is 17.0. The zero-order valence-electron chi connectivity index (χ0n) is 19.7. The van der Waals surface area contributed by atoms with Crippen molar-refractivity contribution in [2.75, 3.05) is 50.2 Å². The number of anilines is 2. The Morgan fingerprint density at radius 1 is 0.743 bits per heavy atom. The van der Waals surface area contributed by atoms with Crippen LogP contribution in [0.5, 0.6) is 0 Å². The van der Waals surface area contributed by atoms with Crippen molar-refractivity contribution in [3.05, 3.63) is 95.9 Å². The predicted molar refractivity (Wildman–Crippen MR) is 133 cm³/mol. The summed E-state index contributed by atoms with van der Waals surface area (Å²) in [5.74, 6) is -1.23. The van der Waals surface area contributed by atoms with Gasteiger partial charge in [0.1, 0.15) is 5.70 Å². The van der Waals surface area contributed by atoms with E-state index in [-0.39, 0.29) is 17.2 Å². The number of nitrogens with zero attached hydrogens (tertiary/aromatic N) is 3. The van der Waals surface area contributed by atoms with Gasteiger partial charge in [-0.2, -0.15) is 0 Å². The van der Waals surface area contributed by atoms with Crippen LogP contribution in [0.1, 0.15) is 10.4 Å². The van der Waals surface area contributed by atoms with Crippen LogP contribution in [-0.4, -0.2) is 63.1 Å². The molecule has 1 saturated heterocycles. The van der Waals surface area contributed by atoms with Crippen LogP contribution in [0.4, 0.5) is 11.4 Å². The molecule has 0 aromatic heterocycles. The van der Waals surface area contributed by atoms with Crippen LogP contribution in [0, 0.1) is 0 Å². The Morgan fingerprint density at radius 3 is 2.00 bits per heavy atom. The molecule has 2 aromatic rings. The van der Waals surface area contributed by atoms with Crippen molar-refractivity contribution in [3.8, 4) is 0 Å². The molecule has 0 N–H and O–H groups in total. The smallest absolute Gasteiger partial charge is 0.355 e. The third-order valence-corrected chi connectivity index (χ3v) is 5.97. The Labute approximate surface area is 204 Å². The van der Waals surface area contributed by atoms with E-state index in [9.17, 15) is 14.4 Å². The van der Waals surface area contributed by atoms with E-state index in [2.05, 4.69) is 4.90 Å². The van der Waals surface area contributed by atoms with Crippen LogP contribution in [0.25, 0.3) is 0 Å². The molecule has 35 heavy (non-hydrogen) atoms. The molecular weight excluding hydrogens is 446 g/mol. The van der Waals surface area contributed by atoms with Crippen molar-refractivity contribution in [2.24, 2.45) is 0 Å². The van der Waals surface area contributed by atoms with Gasteiger partial charge in [-0.1, -0.05) is 24.3 Å². The summed E-state index contributed by atoms with van der Waals surface area (Å²) < 4.78 is 9.81. The highest BCUT2D eigenvalue weighted by Gasteiger charge is 2.28. The fourth-order valence-electron chi connectivity index (χ4n) is 4.12. The molecule has 0 saturated carbocycles. The van der Waals surface area contributed by atoms with Gasteiger partial charge in [-0.3, -0.25) is 4.79 Å².